The molecule has 1 N–H and O–H groups in total. The Morgan fingerprint density at radius 1 is 1.38 bits per heavy atom. The van der Waals surface area contributed by atoms with Gasteiger partial charge in [-0.3, -0.25) is 14.6 Å². The fourth-order valence-electron chi connectivity index (χ4n) is 2.54. The Morgan fingerprint density at radius 3 is 2.62 bits per heavy atom. The molecule has 5 nitrogen and oxygen atoms in total. The van der Waals surface area contributed by atoms with Crippen LogP contribution in [0.5, 0.6) is 5.75 Å². The molecule has 0 aliphatic carbocycles. The van der Waals surface area contributed by atoms with E-state index in [1.54, 1.807) is 0 Å². The molecule has 1 aliphatic rings. The Morgan fingerprint density at radius 2 is 2.04 bits per heavy atom. The van der Waals surface area contributed by atoms with Crippen molar-refractivity contribution in [3.8, 4) is 5.75 Å². The van der Waals surface area contributed by atoms with Crippen LogP contribution in [0.4, 0.5) is 18.9 Å². The molecule has 9 heteroatoms. The largest absolute Gasteiger partial charge is 0.495 e. The molecular formula is C15H19ClF3N3O2. The molecule has 134 valence electrons. The van der Waals surface area contributed by atoms with Crippen molar-refractivity contribution in [3.05, 3.63) is 23.2 Å². The average molecular weight is 366 g/mol. The summed E-state index contributed by atoms with van der Waals surface area (Å²) in [6.45, 7) is 3.26. The van der Waals surface area contributed by atoms with E-state index in [2.05, 4.69) is 5.32 Å². The summed E-state index contributed by atoms with van der Waals surface area (Å²) in [5.41, 5.74) is 0.0550. The zero-order chi connectivity index (χ0) is 17.7. The van der Waals surface area contributed by atoms with Gasteiger partial charge in [0.15, 0.2) is 0 Å². The van der Waals surface area contributed by atoms with Gasteiger partial charge < -0.3 is 10.1 Å². The first-order valence-electron chi connectivity index (χ1n) is 7.48. The fourth-order valence-corrected chi connectivity index (χ4v) is 2.70. The number of alkyl halides is 3. The van der Waals surface area contributed by atoms with Gasteiger partial charge in [-0.1, -0.05) is 11.6 Å². The molecule has 0 atom stereocenters. The van der Waals surface area contributed by atoms with E-state index in [9.17, 15) is 18.0 Å². The number of rotatable bonds is 5. The number of piperazine rings is 1. The first kappa shape index (κ1) is 18.8. The third-order valence-electron chi connectivity index (χ3n) is 3.77. The average Bonchev–Trinajstić information content (AvgIpc) is 2.55. The van der Waals surface area contributed by atoms with Crippen molar-refractivity contribution in [3.63, 3.8) is 0 Å². The topological polar surface area (TPSA) is 44.8 Å². The lowest BCUT2D eigenvalue weighted by Gasteiger charge is -2.31. The number of halogens is 4. The summed E-state index contributed by atoms with van der Waals surface area (Å²) >= 11 is 5.85. The Labute approximate surface area is 143 Å². The highest BCUT2D eigenvalue weighted by molar-refractivity contribution is 6.30. The molecule has 1 aromatic carbocycles. The van der Waals surface area contributed by atoms with Gasteiger partial charge in [0.05, 0.1) is 12.8 Å². The van der Waals surface area contributed by atoms with E-state index in [1.807, 2.05) is 4.90 Å². The first-order chi connectivity index (χ1) is 11.3. The second kappa shape index (κ2) is 8.04. The summed E-state index contributed by atoms with van der Waals surface area (Å²) in [6, 6.07) is 4.18. The molecule has 1 heterocycles. The summed E-state index contributed by atoms with van der Waals surface area (Å²) in [5.74, 6) is -1.79. The highest BCUT2D eigenvalue weighted by atomic mass is 35.5. The van der Waals surface area contributed by atoms with Gasteiger partial charge in [-0.2, -0.15) is 13.2 Å². The van der Waals surface area contributed by atoms with E-state index < -0.39 is 12.1 Å². The van der Waals surface area contributed by atoms with E-state index in [-0.39, 0.29) is 18.0 Å². The summed E-state index contributed by atoms with van der Waals surface area (Å²) < 4.78 is 44.0. The van der Waals surface area contributed by atoms with Crippen LogP contribution in [0.3, 0.4) is 0 Å². The molecular weight excluding hydrogens is 347 g/mol. The molecule has 1 saturated heterocycles. The SMILES string of the molecule is COc1cc(Cl)ccc1N(CCN1CCNCC1)C(=O)C(F)(F)F. The maximum atomic E-state index is 13.0. The number of carbonyl (C=O) groups excluding carboxylic acids is 1. The predicted octanol–water partition coefficient (Wildman–Crippen LogP) is 2.15. The highest BCUT2D eigenvalue weighted by Gasteiger charge is 2.43. The molecule has 1 amide bonds. The monoisotopic (exact) mass is 365 g/mol. The zero-order valence-corrected chi connectivity index (χ0v) is 14.0. The molecule has 0 aromatic heterocycles. The van der Waals surface area contributed by atoms with Crippen LogP contribution in [0.2, 0.25) is 5.02 Å². The van der Waals surface area contributed by atoms with Gasteiger partial charge in [0.2, 0.25) is 0 Å². The molecule has 24 heavy (non-hydrogen) atoms. The van der Waals surface area contributed by atoms with Crippen LogP contribution < -0.4 is 15.0 Å². The number of nitrogens with one attached hydrogen (secondary N) is 1. The van der Waals surface area contributed by atoms with E-state index >= 15 is 0 Å². The number of anilines is 1. The van der Waals surface area contributed by atoms with Crippen molar-refractivity contribution in [1.29, 1.82) is 0 Å². The van der Waals surface area contributed by atoms with Gasteiger partial charge in [-0.25, -0.2) is 0 Å². The number of hydrogen-bond donors (Lipinski definition) is 1. The number of carbonyl (C=O) groups is 1. The summed E-state index contributed by atoms with van der Waals surface area (Å²) in [4.78, 5) is 14.6. The quantitative estimate of drug-likeness (QED) is 0.868. The molecule has 2 rings (SSSR count). The van der Waals surface area contributed by atoms with Gasteiger partial charge in [0.25, 0.3) is 0 Å². The van der Waals surface area contributed by atoms with Crippen LogP contribution in [0.1, 0.15) is 0 Å². The third-order valence-corrected chi connectivity index (χ3v) is 4.00. The smallest absolute Gasteiger partial charge is 0.471 e. The van der Waals surface area contributed by atoms with Crippen molar-refractivity contribution < 1.29 is 22.7 Å². The van der Waals surface area contributed by atoms with Crippen LogP contribution in [0.15, 0.2) is 18.2 Å². The molecule has 0 saturated carbocycles. The van der Waals surface area contributed by atoms with E-state index in [1.165, 1.54) is 25.3 Å². The van der Waals surface area contributed by atoms with Crippen LogP contribution in [-0.2, 0) is 4.79 Å². The van der Waals surface area contributed by atoms with Crippen molar-refractivity contribution >= 4 is 23.2 Å². The second-order valence-corrected chi connectivity index (χ2v) is 5.80. The first-order valence-corrected chi connectivity index (χ1v) is 7.86. The van der Waals surface area contributed by atoms with Crippen molar-refractivity contribution in [2.24, 2.45) is 0 Å². The van der Waals surface area contributed by atoms with Gasteiger partial charge in [0.1, 0.15) is 5.75 Å². The second-order valence-electron chi connectivity index (χ2n) is 5.36. The van der Waals surface area contributed by atoms with Gasteiger partial charge >= 0.3 is 12.1 Å². The van der Waals surface area contributed by atoms with Crippen LogP contribution in [-0.4, -0.2) is 63.4 Å². The summed E-state index contributed by atoms with van der Waals surface area (Å²) in [6.07, 6.45) is -4.96. The standard InChI is InChI=1S/C15H19ClF3N3O2/c1-24-13-10-11(16)2-3-12(13)22(14(23)15(17,18)19)9-8-21-6-4-20-5-7-21/h2-3,10,20H,4-9H2,1H3. The minimum Gasteiger partial charge on any atom is -0.495 e. The number of amides is 1. The number of methoxy groups -OCH3 is 1. The van der Waals surface area contributed by atoms with Crippen LogP contribution in [0, 0.1) is 0 Å². The fraction of sp³-hybridized carbons (Fsp3) is 0.533. The normalized spacial score (nSPS) is 16.0. The molecule has 1 aromatic rings. The van der Waals surface area contributed by atoms with Gasteiger partial charge in [-0.05, 0) is 12.1 Å². The molecule has 0 spiro atoms. The maximum Gasteiger partial charge on any atom is 0.471 e. The summed E-state index contributed by atoms with van der Waals surface area (Å²) in [7, 11) is 1.32. The molecule has 1 fully saturated rings. The highest BCUT2D eigenvalue weighted by Crippen LogP contribution is 2.33. The molecule has 0 radical (unpaired) electrons. The number of ether oxygens (including phenoxy) is 1. The lowest BCUT2D eigenvalue weighted by atomic mass is 10.2. The lowest BCUT2D eigenvalue weighted by Crippen LogP contribution is -2.49. The van der Waals surface area contributed by atoms with E-state index in [4.69, 9.17) is 16.3 Å². The van der Waals surface area contributed by atoms with Crippen molar-refractivity contribution in [2.45, 2.75) is 6.18 Å². The lowest BCUT2D eigenvalue weighted by molar-refractivity contribution is -0.170. The number of nitrogens with zero attached hydrogens (tertiary/aromatic N) is 2. The van der Waals surface area contributed by atoms with Gasteiger partial charge in [-0.15, -0.1) is 0 Å². The van der Waals surface area contributed by atoms with Crippen LogP contribution in [0.25, 0.3) is 0 Å². The molecule has 0 unspecified atom stereocenters. The van der Waals surface area contributed by atoms with Crippen LogP contribution >= 0.6 is 11.6 Å². The Bertz CT molecular complexity index is 578. The Kier molecular flexibility index (Phi) is 6.31. The van der Waals surface area contributed by atoms with Crippen molar-refractivity contribution in [1.82, 2.24) is 10.2 Å². The summed E-state index contributed by atoms with van der Waals surface area (Å²) in [5, 5.41) is 3.49. The molecule has 1 aliphatic heterocycles. The zero-order valence-electron chi connectivity index (χ0n) is 13.2. The predicted molar refractivity (Wildman–Crippen MR) is 85.7 cm³/mol. The maximum absolute atomic E-state index is 13.0. The minimum absolute atomic E-state index is 0.0550. The van der Waals surface area contributed by atoms with Gasteiger partial charge in [0, 0.05) is 50.4 Å². The van der Waals surface area contributed by atoms with E-state index in [0.717, 1.165) is 26.2 Å². The minimum atomic E-state index is -4.96. The van der Waals surface area contributed by atoms with Crippen molar-refractivity contribution in [2.75, 3.05) is 51.3 Å². The number of benzene rings is 1. The molecule has 0 bridgehead atoms. The van der Waals surface area contributed by atoms with E-state index in [0.29, 0.717) is 16.5 Å². The third kappa shape index (κ3) is 4.75. The Balaban J connectivity index is 2.24. The number of hydrogen-bond acceptors (Lipinski definition) is 4. The Hall–Kier alpha value is -1.51.